The van der Waals surface area contributed by atoms with Crippen molar-refractivity contribution in [3.8, 4) is 10.6 Å². The highest BCUT2D eigenvalue weighted by Crippen LogP contribution is 2.27. The van der Waals surface area contributed by atoms with Gasteiger partial charge in [-0.2, -0.15) is 0 Å². The molecule has 1 amide bonds. The van der Waals surface area contributed by atoms with Gasteiger partial charge in [-0.05, 0) is 18.2 Å². The van der Waals surface area contributed by atoms with Gasteiger partial charge in [-0.1, -0.05) is 18.2 Å². The minimum Gasteiger partial charge on any atom is -0.378 e. The predicted molar refractivity (Wildman–Crippen MR) is 106 cm³/mol. The number of aromatic nitrogens is 2. The third kappa shape index (κ3) is 4.02. The van der Waals surface area contributed by atoms with E-state index in [9.17, 15) is 9.18 Å². The number of carbonyl (C=O) groups excluding carboxylic acids is 1. The van der Waals surface area contributed by atoms with Crippen LogP contribution >= 0.6 is 11.3 Å². The summed E-state index contributed by atoms with van der Waals surface area (Å²) in [5, 5.41) is 3.40. The highest BCUT2D eigenvalue weighted by Gasteiger charge is 2.18. The van der Waals surface area contributed by atoms with E-state index in [0.717, 1.165) is 24.5 Å². The van der Waals surface area contributed by atoms with Gasteiger partial charge in [0.1, 0.15) is 21.5 Å². The molecular weight excluding hydrogens is 379 g/mol. The van der Waals surface area contributed by atoms with Crippen molar-refractivity contribution < 1.29 is 13.9 Å². The van der Waals surface area contributed by atoms with Crippen molar-refractivity contribution in [2.75, 3.05) is 31.2 Å². The number of pyridine rings is 1. The van der Waals surface area contributed by atoms with E-state index in [1.165, 1.54) is 23.6 Å². The zero-order valence-corrected chi connectivity index (χ0v) is 15.9. The van der Waals surface area contributed by atoms with E-state index in [1.807, 2.05) is 12.1 Å². The fourth-order valence-electron chi connectivity index (χ4n) is 3.03. The van der Waals surface area contributed by atoms with Crippen LogP contribution in [0.1, 0.15) is 15.2 Å². The van der Waals surface area contributed by atoms with E-state index in [1.54, 1.807) is 24.4 Å². The second kappa shape index (κ2) is 8.45. The van der Waals surface area contributed by atoms with Crippen molar-refractivity contribution in [1.82, 2.24) is 15.3 Å². The van der Waals surface area contributed by atoms with Crippen LogP contribution in [-0.2, 0) is 11.3 Å². The maximum absolute atomic E-state index is 13.9. The first kappa shape index (κ1) is 18.5. The summed E-state index contributed by atoms with van der Waals surface area (Å²) in [5.41, 5.74) is 1.34. The normalized spacial score (nSPS) is 14.1. The molecule has 1 saturated heterocycles. The third-order valence-electron chi connectivity index (χ3n) is 4.45. The summed E-state index contributed by atoms with van der Waals surface area (Å²) in [5.74, 6) is 0.272. The molecule has 0 aliphatic carbocycles. The molecule has 28 heavy (non-hydrogen) atoms. The summed E-state index contributed by atoms with van der Waals surface area (Å²) in [7, 11) is 0. The Labute approximate surface area is 166 Å². The van der Waals surface area contributed by atoms with E-state index in [0.29, 0.717) is 35.2 Å². The first-order valence-corrected chi connectivity index (χ1v) is 9.79. The van der Waals surface area contributed by atoms with E-state index < -0.39 is 0 Å². The zero-order valence-electron chi connectivity index (χ0n) is 15.1. The van der Waals surface area contributed by atoms with Gasteiger partial charge in [0.05, 0.1) is 19.4 Å². The number of nitrogens with one attached hydrogen (secondary N) is 1. The van der Waals surface area contributed by atoms with Crippen molar-refractivity contribution >= 4 is 23.1 Å². The van der Waals surface area contributed by atoms with Gasteiger partial charge < -0.3 is 15.0 Å². The number of rotatable bonds is 5. The molecule has 1 aliphatic heterocycles. The Kier molecular flexibility index (Phi) is 5.59. The van der Waals surface area contributed by atoms with E-state index in [-0.39, 0.29) is 11.7 Å². The molecule has 0 unspecified atom stereocenters. The topological polar surface area (TPSA) is 67.4 Å². The molecular formula is C20H19FN4O2S. The first-order valence-electron chi connectivity index (χ1n) is 8.98. The second-order valence-corrected chi connectivity index (χ2v) is 7.31. The van der Waals surface area contributed by atoms with Crippen molar-refractivity contribution in [1.29, 1.82) is 0 Å². The molecule has 0 spiro atoms. The zero-order chi connectivity index (χ0) is 19.3. The van der Waals surface area contributed by atoms with E-state index >= 15 is 0 Å². The number of hydrogen-bond acceptors (Lipinski definition) is 6. The van der Waals surface area contributed by atoms with E-state index in [2.05, 4.69) is 20.2 Å². The molecule has 144 valence electrons. The van der Waals surface area contributed by atoms with Crippen LogP contribution in [0.15, 0.2) is 48.8 Å². The maximum Gasteiger partial charge on any atom is 0.263 e. The smallest absolute Gasteiger partial charge is 0.263 e. The number of anilines is 1. The van der Waals surface area contributed by atoms with Crippen molar-refractivity contribution in [3.63, 3.8) is 0 Å². The lowest BCUT2D eigenvalue weighted by atomic mass is 10.2. The van der Waals surface area contributed by atoms with Gasteiger partial charge in [-0.15, -0.1) is 11.3 Å². The minimum atomic E-state index is -0.352. The lowest BCUT2D eigenvalue weighted by Crippen LogP contribution is -2.37. The maximum atomic E-state index is 13.9. The standard InChI is InChI=1S/C20H19FN4O2S/c21-16-6-2-1-5-15(16)20-24-13-17(28-20)19(26)23-12-14-4-3-7-22-18(14)25-8-10-27-11-9-25/h1-7,13H,8-12H2,(H,23,26). The molecule has 0 bridgehead atoms. The van der Waals surface area contributed by atoms with Gasteiger partial charge in [0.2, 0.25) is 0 Å². The van der Waals surface area contributed by atoms with Crippen LogP contribution in [0, 0.1) is 5.82 Å². The molecule has 1 aromatic carbocycles. The average Bonchev–Trinajstić information content (AvgIpc) is 3.23. The minimum absolute atomic E-state index is 0.239. The van der Waals surface area contributed by atoms with Crippen molar-refractivity contribution in [2.45, 2.75) is 6.54 Å². The molecule has 8 heteroatoms. The third-order valence-corrected chi connectivity index (χ3v) is 5.48. The molecule has 6 nitrogen and oxygen atoms in total. The second-order valence-electron chi connectivity index (χ2n) is 6.28. The molecule has 4 rings (SSSR count). The molecule has 3 aromatic rings. The number of carbonyl (C=O) groups is 1. The Morgan fingerprint density at radius 2 is 2.00 bits per heavy atom. The summed E-state index contributed by atoms with van der Waals surface area (Å²) in [6.45, 7) is 3.24. The average molecular weight is 398 g/mol. The lowest BCUT2D eigenvalue weighted by molar-refractivity contribution is 0.0954. The molecule has 0 saturated carbocycles. The summed E-state index contributed by atoms with van der Waals surface area (Å²) in [6, 6.07) is 10.2. The fraction of sp³-hybridized carbons (Fsp3) is 0.250. The van der Waals surface area contributed by atoms with Crippen LogP contribution in [0.4, 0.5) is 10.2 Å². The molecule has 2 aromatic heterocycles. The summed E-state index contributed by atoms with van der Waals surface area (Å²) < 4.78 is 19.3. The Morgan fingerprint density at radius 3 is 2.82 bits per heavy atom. The Bertz CT molecular complexity index is 972. The summed E-state index contributed by atoms with van der Waals surface area (Å²) in [6.07, 6.45) is 3.23. The van der Waals surface area contributed by atoms with Crippen LogP contribution in [0.3, 0.4) is 0 Å². The summed E-state index contributed by atoms with van der Waals surface area (Å²) >= 11 is 1.17. The number of amides is 1. The van der Waals surface area contributed by atoms with Crippen LogP contribution in [0.2, 0.25) is 0 Å². The first-order chi connectivity index (χ1) is 13.7. The van der Waals surface area contributed by atoms with Gasteiger partial charge in [0, 0.05) is 37.0 Å². The lowest BCUT2D eigenvalue weighted by Gasteiger charge is -2.29. The number of benzene rings is 1. The number of thiazole rings is 1. The Hall–Kier alpha value is -2.84. The monoisotopic (exact) mass is 398 g/mol. The fourth-order valence-corrected chi connectivity index (χ4v) is 3.89. The molecule has 1 aliphatic rings. The Morgan fingerprint density at radius 1 is 1.18 bits per heavy atom. The van der Waals surface area contributed by atoms with Crippen LogP contribution in [-0.4, -0.2) is 42.2 Å². The number of halogens is 1. The van der Waals surface area contributed by atoms with Crippen LogP contribution < -0.4 is 10.2 Å². The van der Waals surface area contributed by atoms with Crippen molar-refractivity contribution in [2.24, 2.45) is 0 Å². The van der Waals surface area contributed by atoms with Gasteiger partial charge in [-0.25, -0.2) is 14.4 Å². The number of hydrogen-bond donors (Lipinski definition) is 1. The molecule has 0 radical (unpaired) electrons. The summed E-state index contributed by atoms with van der Waals surface area (Å²) in [4.78, 5) is 23.8. The quantitative estimate of drug-likeness (QED) is 0.715. The van der Waals surface area contributed by atoms with Gasteiger partial charge in [0.25, 0.3) is 5.91 Å². The Balaban J connectivity index is 1.45. The number of nitrogens with zero attached hydrogens (tertiary/aromatic N) is 3. The molecule has 3 heterocycles. The van der Waals surface area contributed by atoms with E-state index in [4.69, 9.17) is 4.74 Å². The highest BCUT2D eigenvalue weighted by molar-refractivity contribution is 7.16. The van der Waals surface area contributed by atoms with Crippen LogP contribution in [0.25, 0.3) is 10.6 Å². The number of morpholine rings is 1. The largest absolute Gasteiger partial charge is 0.378 e. The molecule has 0 atom stereocenters. The van der Waals surface area contributed by atoms with Gasteiger partial charge in [0.15, 0.2) is 0 Å². The van der Waals surface area contributed by atoms with Gasteiger partial charge >= 0.3 is 0 Å². The molecule has 1 N–H and O–H groups in total. The highest BCUT2D eigenvalue weighted by atomic mass is 32.1. The SMILES string of the molecule is O=C(NCc1cccnc1N1CCOCC1)c1cnc(-c2ccccc2F)s1. The van der Waals surface area contributed by atoms with Crippen LogP contribution in [0.5, 0.6) is 0 Å². The number of ether oxygens (including phenoxy) is 1. The van der Waals surface area contributed by atoms with Gasteiger partial charge in [-0.3, -0.25) is 4.79 Å². The molecule has 1 fully saturated rings. The van der Waals surface area contributed by atoms with Crippen molar-refractivity contribution in [3.05, 3.63) is 65.0 Å². The predicted octanol–water partition coefficient (Wildman–Crippen LogP) is 3.11.